The van der Waals surface area contributed by atoms with Gasteiger partial charge in [-0.05, 0) is 6.92 Å². The third kappa shape index (κ3) is 4.01. The molecule has 1 fully saturated rings. The number of aryl methyl sites for hydroxylation is 1. The molecule has 0 amide bonds. The number of benzene rings is 1. The lowest BCUT2D eigenvalue weighted by Crippen LogP contribution is -2.33. The van der Waals surface area contributed by atoms with E-state index >= 15 is 0 Å². The van der Waals surface area contributed by atoms with Crippen LogP contribution in [0, 0.1) is 18.8 Å². The first-order valence-corrected chi connectivity index (χ1v) is 8.65. The summed E-state index contributed by atoms with van der Waals surface area (Å²) in [5, 5.41) is 11.7. The van der Waals surface area contributed by atoms with Gasteiger partial charge in [-0.1, -0.05) is 29.8 Å². The number of aliphatic carboxylic acids is 1. The standard InChI is InChI=1S/C17H17F3N2O2S/c1-10-2-4-11(5-3-10)15-21-12(9-25-15)6-22-7-13(16(23)24)14(8-22)17(18,19)20/h2-5,9,13-14H,6-8H2,1H3,(H,23,24)/t13-,14-/m1/s1. The molecule has 1 N–H and O–H groups in total. The fourth-order valence-electron chi connectivity index (χ4n) is 3.03. The maximum absolute atomic E-state index is 13.0. The van der Waals surface area contributed by atoms with Gasteiger partial charge in [-0.15, -0.1) is 11.3 Å². The van der Waals surface area contributed by atoms with Crippen molar-refractivity contribution in [3.8, 4) is 10.6 Å². The Morgan fingerprint density at radius 3 is 2.56 bits per heavy atom. The van der Waals surface area contributed by atoms with Crippen LogP contribution in [0.1, 0.15) is 11.3 Å². The van der Waals surface area contributed by atoms with Crippen molar-refractivity contribution in [2.24, 2.45) is 11.8 Å². The van der Waals surface area contributed by atoms with Gasteiger partial charge in [0.25, 0.3) is 0 Å². The third-order valence-electron chi connectivity index (χ3n) is 4.37. The summed E-state index contributed by atoms with van der Waals surface area (Å²) in [6.07, 6.45) is -4.51. The van der Waals surface area contributed by atoms with E-state index in [9.17, 15) is 18.0 Å². The van der Waals surface area contributed by atoms with Crippen LogP contribution in [0.4, 0.5) is 13.2 Å². The summed E-state index contributed by atoms with van der Waals surface area (Å²) in [5.74, 6) is -4.65. The molecule has 1 saturated heterocycles. The summed E-state index contributed by atoms with van der Waals surface area (Å²) in [7, 11) is 0. The number of likely N-dealkylation sites (tertiary alicyclic amines) is 1. The minimum absolute atomic E-state index is 0.114. The molecule has 134 valence electrons. The van der Waals surface area contributed by atoms with Crippen molar-refractivity contribution in [1.29, 1.82) is 0 Å². The molecule has 0 saturated carbocycles. The van der Waals surface area contributed by atoms with E-state index in [-0.39, 0.29) is 19.6 Å². The summed E-state index contributed by atoms with van der Waals surface area (Å²) in [5.41, 5.74) is 2.75. The molecular weight excluding hydrogens is 353 g/mol. The molecule has 1 aromatic carbocycles. The van der Waals surface area contributed by atoms with Crippen LogP contribution in [0.2, 0.25) is 0 Å². The Labute approximate surface area is 146 Å². The fourth-order valence-corrected chi connectivity index (χ4v) is 3.85. The number of aromatic nitrogens is 1. The summed E-state index contributed by atoms with van der Waals surface area (Å²) >= 11 is 1.43. The summed E-state index contributed by atoms with van der Waals surface area (Å²) < 4.78 is 39.1. The van der Waals surface area contributed by atoms with Gasteiger partial charge in [-0.3, -0.25) is 9.69 Å². The van der Waals surface area contributed by atoms with Gasteiger partial charge < -0.3 is 5.11 Å². The zero-order valence-electron chi connectivity index (χ0n) is 13.5. The van der Waals surface area contributed by atoms with Crippen molar-refractivity contribution in [2.45, 2.75) is 19.6 Å². The predicted octanol–water partition coefficient (Wildman–Crippen LogP) is 3.81. The Bertz CT molecular complexity index is 758. The molecule has 2 aromatic rings. The number of hydrogen-bond donors (Lipinski definition) is 1. The van der Waals surface area contributed by atoms with E-state index in [2.05, 4.69) is 4.98 Å². The molecule has 4 nitrogen and oxygen atoms in total. The van der Waals surface area contributed by atoms with Crippen LogP contribution >= 0.6 is 11.3 Å². The molecule has 1 aliphatic heterocycles. The minimum atomic E-state index is -4.51. The van der Waals surface area contributed by atoms with Crippen LogP contribution < -0.4 is 0 Å². The Morgan fingerprint density at radius 2 is 2.00 bits per heavy atom. The van der Waals surface area contributed by atoms with Crippen molar-refractivity contribution in [1.82, 2.24) is 9.88 Å². The molecule has 25 heavy (non-hydrogen) atoms. The SMILES string of the molecule is Cc1ccc(-c2nc(CN3C[C@@H](C(F)(F)F)[C@H](C(=O)O)C3)cs2)cc1. The maximum atomic E-state index is 13.0. The first-order chi connectivity index (χ1) is 11.7. The molecule has 0 unspecified atom stereocenters. The normalized spacial score (nSPS) is 21.6. The second-order valence-electron chi connectivity index (χ2n) is 6.30. The lowest BCUT2D eigenvalue weighted by atomic mass is 9.96. The van der Waals surface area contributed by atoms with Crippen LogP contribution in [-0.2, 0) is 11.3 Å². The molecule has 2 heterocycles. The van der Waals surface area contributed by atoms with Gasteiger partial charge in [0.2, 0.25) is 0 Å². The molecule has 0 spiro atoms. The van der Waals surface area contributed by atoms with Crippen LogP contribution in [0.25, 0.3) is 10.6 Å². The third-order valence-corrected chi connectivity index (χ3v) is 5.31. The van der Waals surface area contributed by atoms with Crippen molar-refractivity contribution in [3.63, 3.8) is 0 Å². The van der Waals surface area contributed by atoms with Gasteiger partial charge in [0, 0.05) is 30.6 Å². The quantitative estimate of drug-likeness (QED) is 0.889. The highest BCUT2D eigenvalue weighted by Crippen LogP contribution is 2.38. The zero-order chi connectivity index (χ0) is 18.2. The smallest absolute Gasteiger partial charge is 0.393 e. The number of nitrogens with zero attached hydrogens (tertiary/aromatic N) is 2. The van der Waals surface area contributed by atoms with E-state index in [1.165, 1.54) is 16.2 Å². The van der Waals surface area contributed by atoms with E-state index in [0.29, 0.717) is 5.69 Å². The fraction of sp³-hybridized carbons (Fsp3) is 0.412. The molecule has 0 bridgehead atoms. The van der Waals surface area contributed by atoms with Crippen LogP contribution in [0.5, 0.6) is 0 Å². The van der Waals surface area contributed by atoms with Gasteiger partial charge in [0.15, 0.2) is 0 Å². The van der Waals surface area contributed by atoms with Gasteiger partial charge in [-0.25, -0.2) is 4.98 Å². The van der Waals surface area contributed by atoms with E-state index in [4.69, 9.17) is 5.11 Å². The highest BCUT2D eigenvalue weighted by molar-refractivity contribution is 7.13. The van der Waals surface area contributed by atoms with Crippen LogP contribution in [0.15, 0.2) is 29.6 Å². The first kappa shape index (κ1) is 17.9. The number of carboxylic acid groups (broad SMARTS) is 1. The summed E-state index contributed by atoms with van der Waals surface area (Å²) in [6, 6.07) is 7.85. The van der Waals surface area contributed by atoms with Crippen molar-refractivity contribution in [2.75, 3.05) is 13.1 Å². The summed E-state index contributed by atoms with van der Waals surface area (Å²) in [4.78, 5) is 17.1. The molecule has 0 aliphatic carbocycles. The first-order valence-electron chi connectivity index (χ1n) is 7.77. The van der Waals surface area contributed by atoms with E-state index in [0.717, 1.165) is 16.1 Å². The summed E-state index contributed by atoms with van der Waals surface area (Å²) in [6.45, 7) is 1.79. The van der Waals surface area contributed by atoms with E-state index in [1.807, 2.05) is 36.6 Å². The molecule has 0 radical (unpaired) electrons. The average molecular weight is 370 g/mol. The number of hydrogen-bond acceptors (Lipinski definition) is 4. The van der Waals surface area contributed by atoms with Crippen molar-refractivity contribution in [3.05, 3.63) is 40.9 Å². The lowest BCUT2D eigenvalue weighted by Gasteiger charge is -2.18. The highest BCUT2D eigenvalue weighted by atomic mass is 32.1. The topological polar surface area (TPSA) is 53.4 Å². The van der Waals surface area contributed by atoms with Crippen molar-refractivity contribution >= 4 is 17.3 Å². The van der Waals surface area contributed by atoms with Crippen LogP contribution in [0.3, 0.4) is 0 Å². The van der Waals surface area contributed by atoms with Crippen molar-refractivity contribution < 1.29 is 23.1 Å². The number of alkyl halides is 3. The van der Waals surface area contributed by atoms with Crippen LogP contribution in [-0.4, -0.2) is 40.2 Å². The molecule has 1 aromatic heterocycles. The number of carbonyl (C=O) groups is 1. The second kappa shape index (κ2) is 6.76. The van der Waals surface area contributed by atoms with Gasteiger partial charge in [0.1, 0.15) is 5.01 Å². The van der Waals surface area contributed by atoms with E-state index in [1.54, 1.807) is 0 Å². The minimum Gasteiger partial charge on any atom is -0.481 e. The predicted molar refractivity (Wildman–Crippen MR) is 88.2 cm³/mol. The molecular formula is C17H17F3N2O2S. The Balaban J connectivity index is 1.71. The average Bonchev–Trinajstić information content (AvgIpc) is 3.15. The molecule has 3 rings (SSSR count). The lowest BCUT2D eigenvalue weighted by molar-refractivity contribution is -0.188. The van der Waals surface area contributed by atoms with Gasteiger partial charge in [-0.2, -0.15) is 13.2 Å². The van der Waals surface area contributed by atoms with E-state index < -0.39 is 24.0 Å². The number of carboxylic acids is 1. The monoisotopic (exact) mass is 370 g/mol. The maximum Gasteiger partial charge on any atom is 0.393 e. The Kier molecular flexibility index (Phi) is 4.83. The Morgan fingerprint density at radius 1 is 1.32 bits per heavy atom. The van der Waals surface area contributed by atoms with Gasteiger partial charge in [0.05, 0.1) is 17.5 Å². The highest BCUT2D eigenvalue weighted by Gasteiger charge is 2.52. The zero-order valence-corrected chi connectivity index (χ0v) is 14.3. The molecule has 1 aliphatic rings. The molecule has 8 heteroatoms. The van der Waals surface area contributed by atoms with Gasteiger partial charge >= 0.3 is 12.1 Å². The largest absolute Gasteiger partial charge is 0.481 e. The number of thiazole rings is 1. The second-order valence-corrected chi connectivity index (χ2v) is 7.16. The Hall–Kier alpha value is -1.93. The number of halogens is 3. The molecule has 2 atom stereocenters. The number of rotatable bonds is 4.